The van der Waals surface area contributed by atoms with Gasteiger partial charge in [-0.1, -0.05) is 96.5 Å². The second-order valence-electron chi connectivity index (χ2n) is 12.7. The summed E-state index contributed by atoms with van der Waals surface area (Å²) in [5.74, 6) is -2.88. The number of Topliss-reactive ketones (excluding diaryl/α,β-unsaturated/α-hetero) is 1. The zero-order valence-corrected chi connectivity index (χ0v) is 28.2. The standard InChI is InChI=1S/C41H29ClN2O7/c1-50-29-18-13-24(14-19-29)33-34(25-15-20-30(51-2)21-16-25)41(27-11-7-4-8-12-27)36-35(40(33,39(41)47)26-9-5-3-6-10-26)37(45)43(38(36)46)32-23-28(44(48)49)17-22-31(32)42/h3-23,35-36H,1-2H3/t35-,36+,40+,41-. The van der Waals surface area contributed by atoms with E-state index in [1.165, 1.54) is 12.1 Å². The number of ether oxygens (including phenoxy) is 2. The Hall–Kier alpha value is -6.06. The maximum absolute atomic E-state index is 16.1. The van der Waals surface area contributed by atoms with Crippen LogP contribution in [0.15, 0.2) is 127 Å². The third kappa shape index (κ3) is 4.24. The molecule has 51 heavy (non-hydrogen) atoms. The van der Waals surface area contributed by atoms with Gasteiger partial charge in [0.05, 0.1) is 52.5 Å². The number of anilines is 1. The van der Waals surface area contributed by atoms with Crippen LogP contribution in [0.25, 0.3) is 11.1 Å². The Labute approximate surface area is 297 Å². The molecule has 0 N–H and O–H groups in total. The highest BCUT2D eigenvalue weighted by Gasteiger charge is 2.82. The van der Waals surface area contributed by atoms with Gasteiger partial charge in [0.2, 0.25) is 11.8 Å². The van der Waals surface area contributed by atoms with E-state index in [1.54, 1.807) is 38.5 Å². The van der Waals surface area contributed by atoms with Gasteiger partial charge in [-0.05, 0) is 63.7 Å². The van der Waals surface area contributed by atoms with E-state index in [0.29, 0.717) is 44.9 Å². The molecule has 5 aromatic rings. The molecule has 1 aliphatic heterocycles. The number of fused-ring (bicyclic) bond motifs is 5. The minimum atomic E-state index is -1.67. The minimum Gasteiger partial charge on any atom is -0.497 e. The van der Waals surface area contributed by atoms with Gasteiger partial charge in [-0.15, -0.1) is 0 Å². The largest absolute Gasteiger partial charge is 0.497 e. The predicted molar refractivity (Wildman–Crippen MR) is 192 cm³/mol. The van der Waals surface area contributed by atoms with Crippen LogP contribution >= 0.6 is 11.6 Å². The number of benzene rings is 5. The number of allylic oxidation sites excluding steroid dienone is 2. The number of carbonyl (C=O) groups is 3. The highest BCUT2D eigenvalue weighted by atomic mass is 35.5. The normalized spacial score (nSPS) is 23.5. The zero-order chi connectivity index (χ0) is 35.7. The highest BCUT2D eigenvalue weighted by Crippen LogP contribution is 2.74. The van der Waals surface area contributed by atoms with Crippen molar-refractivity contribution in [1.82, 2.24) is 0 Å². The lowest BCUT2D eigenvalue weighted by Gasteiger charge is -2.39. The van der Waals surface area contributed by atoms with Crippen LogP contribution in [0.1, 0.15) is 22.3 Å². The lowest BCUT2D eigenvalue weighted by molar-refractivity contribution is -0.384. The van der Waals surface area contributed by atoms with Crippen molar-refractivity contribution < 1.29 is 28.8 Å². The number of hydrogen-bond acceptors (Lipinski definition) is 7. The minimum absolute atomic E-state index is 0.0119. The van der Waals surface area contributed by atoms with Gasteiger partial charge in [-0.25, -0.2) is 4.90 Å². The fourth-order valence-corrected chi connectivity index (χ4v) is 8.87. The fraction of sp³-hybridized carbons (Fsp3) is 0.146. The number of hydrogen-bond donors (Lipinski definition) is 0. The van der Waals surface area contributed by atoms with Gasteiger partial charge < -0.3 is 9.47 Å². The SMILES string of the molecule is COc1ccc(C2=C(c3ccc(OC)cc3)[C@]3(c4ccccc4)C(=O)[C@@]2(c2ccccc2)[C@@H]2C(=O)N(c4cc([N+](=O)[O-])ccc4Cl)C(=O)[C@@H]23)cc1. The molecule has 252 valence electrons. The number of nitro benzene ring substituents is 1. The summed E-state index contributed by atoms with van der Waals surface area (Å²) < 4.78 is 11.0. The summed E-state index contributed by atoms with van der Waals surface area (Å²) >= 11 is 6.63. The van der Waals surface area contributed by atoms with Gasteiger partial charge in [0.15, 0.2) is 5.78 Å². The van der Waals surface area contributed by atoms with E-state index >= 15 is 14.4 Å². The molecule has 2 bridgehead atoms. The number of carbonyl (C=O) groups excluding carboxylic acids is 3. The van der Waals surface area contributed by atoms with Crippen LogP contribution in [0, 0.1) is 22.0 Å². The van der Waals surface area contributed by atoms with Crippen molar-refractivity contribution in [1.29, 1.82) is 0 Å². The van der Waals surface area contributed by atoms with E-state index in [1.807, 2.05) is 84.9 Å². The van der Waals surface area contributed by atoms with E-state index < -0.39 is 39.4 Å². The number of imide groups is 1. The van der Waals surface area contributed by atoms with Crippen molar-refractivity contribution in [3.05, 3.63) is 165 Å². The quantitative estimate of drug-likeness (QED) is 0.0940. The first-order valence-electron chi connectivity index (χ1n) is 16.2. The van der Waals surface area contributed by atoms with Crippen molar-refractivity contribution in [3.63, 3.8) is 0 Å². The van der Waals surface area contributed by atoms with Crippen molar-refractivity contribution in [3.8, 4) is 11.5 Å². The van der Waals surface area contributed by atoms with Gasteiger partial charge in [0.25, 0.3) is 5.69 Å². The lowest BCUT2D eigenvalue weighted by atomic mass is 9.59. The molecule has 1 saturated carbocycles. The summed E-state index contributed by atoms with van der Waals surface area (Å²) in [6.45, 7) is 0. The van der Waals surface area contributed by atoms with Gasteiger partial charge >= 0.3 is 0 Å². The molecule has 0 radical (unpaired) electrons. The van der Waals surface area contributed by atoms with E-state index in [9.17, 15) is 10.1 Å². The topological polar surface area (TPSA) is 116 Å². The molecule has 1 saturated heterocycles. The van der Waals surface area contributed by atoms with E-state index in [-0.39, 0.29) is 22.2 Å². The van der Waals surface area contributed by atoms with Crippen LogP contribution in [0.5, 0.6) is 11.5 Å². The number of rotatable bonds is 8. The highest BCUT2D eigenvalue weighted by molar-refractivity contribution is 6.41. The van der Waals surface area contributed by atoms with Crippen molar-refractivity contribution in [2.24, 2.45) is 11.8 Å². The first-order valence-corrected chi connectivity index (χ1v) is 16.6. The maximum atomic E-state index is 16.1. The molecule has 9 nitrogen and oxygen atoms in total. The van der Waals surface area contributed by atoms with Gasteiger partial charge in [0.1, 0.15) is 11.5 Å². The Morgan fingerprint density at radius 2 is 1.08 bits per heavy atom. The second kappa shape index (κ2) is 11.8. The van der Waals surface area contributed by atoms with Gasteiger partial charge in [0, 0.05) is 12.1 Å². The number of nitrogens with zero attached hydrogens (tertiary/aromatic N) is 2. The summed E-state index contributed by atoms with van der Waals surface area (Å²) in [5.41, 5.74) is -0.168. The molecule has 1 heterocycles. The average Bonchev–Trinajstić information content (AvgIpc) is 3.67. The first-order chi connectivity index (χ1) is 24.7. The fourth-order valence-electron chi connectivity index (χ4n) is 8.66. The summed E-state index contributed by atoms with van der Waals surface area (Å²) in [6, 6.07) is 36.4. The average molecular weight is 697 g/mol. The summed E-state index contributed by atoms with van der Waals surface area (Å²) in [6.07, 6.45) is 0. The van der Waals surface area contributed by atoms with Crippen molar-refractivity contribution in [2.75, 3.05) is 19.1 Å². The number of halogens is 1. The Kier molecular flexibility index (Phi) is 7.43. The molecule has 8 rings (SSSR count). The molecular weight excluding hydrogens is 668 g/mol. The van der Waals surface area contributed by atoms with Gasteiger partial charge in [-0.2, -0.15) is 0 Å². The zero-order valence-electron chi connectivity index (χ0n) is 27.4. The Morgan fingerprint density at radius 1 is 0.647 bits per heavy atom. The number of non-ortho nitro benzene ring substituents is 1. The molecule has 10 heteroatoms. The Morgan fingerprint density at radius 3 is 1.47 bits per heavy atom. The van der Waals surface area contributed by atoms with Gasteiger partial charge in [-0.3, -0.25) is 24.5 Å². The number of methoxy groups -OCH3 is 2. The third-order valence-corrected chi connectivity index (χ3v) is 10.9. The van der Waals surface area contributed by atoms with Crippen molar-refractivity contribution >= 4 is 51.7 Å². The smallest absolute Gasteiger partial charge is 0.271 e. The number of nitro groups is 1. The second-order valence-corrected chi connectivity index (χ2v) is 13.2. The predicted octanol–water partition coefficient (Wildman–Crippen LogP) is 7.45. The van der Waals surface area contributed by atoms with Crippen LogP contribution in [0.4, 0.5) is 11.4 Å². The first kappa shape index (κ1) is 32.2. The molecule has 0 aromatic heterocycles. The van der Waals surface area contributed by atoms with E-state index in [4.69, 9.17) is 21.1 Å². The molecule has 4 atom stereocenters. The molecule has 5 aromatic carbocycles. The third-order valence-electron chi connectivity index (χ3n) is 10.6. The molecular formula is C41H29ClN2O7. The van der Waals surface area contributed by atoms with Crippen LogP contribution in [-0.4, -0.2) is 36.7 Å². The number of amides is 2. The van der Waals surface area contributed by atoms with E-state index in [2.05, 4.69) is 0 Å². The van der Waals surface area contributed by atoms with Crippen LogP contribution < -0.4 is 14.4 Å². The summed E-state index contributed by atoms with van der Waals surface area (Å²) in [5, 5.41) is 11.9. The van der Waals surface area contributed by atoms with Crippen LogP contribution in [-0.2, 0) is 25.2 Å². The van der Waals surface area contributed by atoms with Crippen LogP contribution in [0.3, 0.4) is 0 Å². The Bertz CT molecular complexity index is 2160. The number of ketones is 1. The molecule has 2 amide bonds. The molecule has 2 fully saturated rings. The molecule has 0 spiro atoms. The molecule has 2 aliphatic carbocycles. The van der Waals surface area contributed by atoms with E-state index in [0.717, 1.165) is 11.0 Å². The summed E-state index contributed by atoms with van der Waals surface area (Å²) in [4.78, 5) is 58.6. The lowest BCUT2D eigenvalue weighted by Crippen LogP contribution is -2.45. The maximum Gasteiger partial charge on any atom is 0.271 e. The molecule has 3 aliphatic rings. The molecule has 0 unspecified atom stereocenters. The Balaban J connectivity index is 1.53. The summed E-state index contributed by atoms with van der Waals surface area (Å²) in [7, 11) is 3.13. The van der Waals surface area contributed by atoms with Crippen molar-refractivity contribution in [2.45, 2.75) is 10.8 Å². The van der Waals surface area contributed by atoms with Crippen LogP contribution in [0.2, 0.25) is 5.02 Å². The monoisotopic (exact) mass is 696 g/mol.